The molecule has 0 radical (unpaired) electrons. The fourth-order valence-corrected chi connectivity index (χ4v) is 6.06. The molecule has 0 saturated heterocycles. The van der Waals surface area contributed by atoms with E-state index in [4.69, 9.17) is 0 Å². The van der Waals surface area contributed by atoms with Crippen LogP contribution in [0.25, 0.3) is 17.0 Å². The maximum atomic E-state index is 13.6. The number of hydrogen-bond acceptors (Lipinski definition) is 6. The Labute approximate surface area is 285 Å². The number of rotatable bonds is 11. The molecule has 6 rings (SSSR count). The molecule has 10 nitrogen and oxygen atoms in total. The summed E-state index contributed by atoms with van der Waals surface area (Å²) in [6.07, 6.45) is 3.41. The van der Waals surface area contributed by atoms with Crippen LogP contribution in [-0.2, 0) is 9.59 Å². The van der Waals surface area contributed by atoms with E-state index in [1.807, 2.05) is 60.7 Å². The molecule has 1 heterocycles. The number of para-hydroxylation sites is 1. The number of carbonyl (C=O) groups is 3. The van der Waals surface area contributed by atoms with Crippen LogP contribution in [0.3, 0.4) is 0 Å². The lowest BCUT2D eigenvalue weighted by molar-refractivity contribution is -0.384. The molecule has 4 N–H and O–H groups in total. The monoisotopic (exact) mass is 667 g/mol. The van der Waals surface area contributed by atoms with Crippen molar-refractivity contribution in [1.82, 2.24) is 10.3 Å². The largest absolute Gasteiger partial charge is 0.361 e. The van der Waals surface area contributed by atoms with Crippen molar-refractivity contribution in [3.05, 3.63) is 172 Å². The highest BCUT2D eigenvalue weighted by atomic mass is 32.2. The van der Waals surface area contributed by atoms with E-state index in [0.29, 0.717) is 16.9 Å². The molecule has 0 aliphatic carbocycles. The lowest BCUT2D eigenvalue weighted by Gasteiger charge is -2.17. The molecule has 0 fully saturated rings. The molecule has 49 heavy (non-hydrogen) atoms. The maximum absolute atomic E-state index is 13.6. The number of anilines is 2. The molecule has 3 amide bonds. The molecule has 5 aromatic carbocycles. The number of nitrogens with zero attached hydrogens (tertiary/aromatic N) is 1. The molecular formula is C38H29N5O5S. The van der Waals surface area contributed by atoms with Crippen molar-refractivity contribution in [2.45, 2.75) is 10.1 Å². The lowest BCUT2D eigenvalue weighted by Crippen LogP contribution is -2.30. The van der Waals surface area contributed by atoms with Crippen LogP contribution in [0.15, 0.2) is 150 Å². The van der Waals surface area contributed by atoms with E-state index >= 15 is 0 Å². The predicted molar refractivity (Wildman–Crippen MR) is 192 cm³/mol. The van der Waals surface area contributed by atoms with E-state index in [1.54, 1.807) is 60.8 Å². The van der Waals surface area contributed by atoms with Gasteiger partial charge in [0.15, 0.2) is 0 Å². The highest BCUT2D eigenvalue weighted by Crippen LogP contribution is 2.37. The van der Waals surface area contributed by atoms with Crippen LogP contribution in [-0.4, -0.2) is 27.6 Å². The summed E-state index contributed by atoms with van der Waals surface area (Å²) in [4.78, 5) is 54.6. The summed E-state index contributed by atoms with van der Waals surface area (Å²) in [5.41, 5.74) is 3.72. The van der Waals surface area contributed by atoms with Gasteiger partial charge in [-0.25, -0.2) is 0 Å². The van der Waals surface area contributed by atoms with Gasteiger partial charge >= 0.3 is 0 Å². The Morgan fingerprint density at radius 2 is 1.35 bits per heavy atom. The number of fused-ring (bicyclic) bond motifs is 1. The molecule has 0 unspecified atom stereocenters. The highest BCUT2D eigenvalue weighted by Gasteiger charge is 2.23. The number of thioether (sulfide) groups is 1. The normalized spacial score (nSPS) is 11.8. The highest BCUT2D eigenvalue weighted by molar-refractivity contribution is 8.00. The molecule has 1 atom stereocenters. The van der Waals surface area contributed by atoms with E-state index in [0.717, 1.165) is 26.9 Å². The Bertz CT molecular complexity index is 2150. The van der Waals surface area contributed by atoms with Gasteiger partial charge < -0.3 is 20.9 Å². The predicted octanol–water partition coefficient (Wildman–Crippen LogP) is 7.96. The Morgan fingerprint density at radius 1 is 0.735 bits per heavy atom. The van der Waals surface area contributed by atoms with Crippen molar-refractivity contribution < 1.29 is 19.3 Å². The fourth-order valence-electron chi connectivity index (χ4n) is 5.04. The Balaban J connectivity index is 1.20. The number of carbonyl (C=O) groups excluding carboxylic acids is 3. The van der Waals surface area contributed by atoms with E-state index in [9.17, 15) is 24.5 Å². The molecular weight excluding hydrogens is 639 g/mol. The molecule has 0 spiro atoms. The zero-order valence-corrected chi connectivity index (χ0v) is 26.6. The second-order valence-electron chi connectivity index (χ2n) is 10.8. The van der Waals surface area contributed by atoms with Crippen molar-refractivity contribution in [3.8, 4) is 0 Å². The maximum Gasteiger partial charge on any atom is 0.272 e. The lowest BCUT2D eigenvalue weighted by atomic mass is 10.1. The smallest absolute Gasteiger partial charge is 0.272 e. The first-order valence-corrected chi connectivity index (χ1v) is 16.0. The third-order valence-electron chi connectivity index (χ3n) is 7.50. The van der Waals surface area contributed by atoms with Crippen LogP contribution in [0.4, 0.5) is 17.1 Å². The van der Waals surface area contributed by atoms with Crippen molar-refractivity contribution in [2.75, 3.05) is 10.6 Å². The van der Waals surface area contributed by atoms with Crippen molar-refractivity contribution in [2.24, 2.45) is 0 Å². The number of non-ortho nitro benzene ring substituents is 1. The number of aromatic amines is 1. The van der Waals surface area contributed by atoms with Gasteiger partial charge in [0.1, 0.15) is 10.9 Å². The first-order chi connectivity index (χ1) is 23.8. The SMILES string of the molecule is O=C(Nc1ccc(S[C@@H](C(=O)Nc2ccc([N+](=O)[O-])cc2)c2ccccc2)cc1)/C(=C/c1c[nH]c2ccccc12)NC(=O)c1ccccc1. The number of benzene rings is 5. The molecule has 0 aliphatic heterocycles. The topological polar surface area (TPSA) is 146 Å². The number of H-pyrrole nitrogens is 1. The van der Waals surface area contributed by atoms with Crippen molar-refractivity contribution in [1.29, 1.82) is 0 Å². The Morgan fingerprint density at radius 3 is 2.04 bits per heavy atom. The van der Waals surface area contributed by atoms with Gasteiger partial charge in [-0.3, -0.25) is 24.5 Å². The first kappa shape index (κ1) is 32.5. The van der Waals surface area contributed by atoms with Gasteiger partial charge in [-0.05, 0) is 66.2 Å². The molecule has 0 saturated carbocycles. The first-order valence-electron chi connectivity index (χ1n) is 15.2. The van der Waals surface area contributed by atoms with Crippen LogP contribution in [0, 0.1) is 10.1 Å². The van der Waals surface area contributed by atoms with Crippen LogP contribution < -0.4 is 16.0 Å². The van der Waals surface area contributed by atoms with E-state index in [2.05, 4.69) is 20.9 Å². The van der Waals surface area contributed by atoms with E-state index in [-0.39, 0.29) is 17.3 Å². The van der Waals surface area contributed by atoms with Gasteiger partial charge in [0.2, 0.25) is 5.91 Å². The molecule has 242 valence electrons. The third-order valence-corrected chi connectivity index (χ3v) is 8.77. The minimum absolute atomic E-state index is 0.0594. The summed E-state index contributed by atoms with van der Waals surface area (Å²) in [5, 5.41) is 19.8. The summed E-state index contributed by atoms with van der Waals surface area (Å²) in [6.45, 7) is 0. The zero-order valence-electron chi connectivity index (χ0n) is 25.8. The standard InChI is InChI=1S/C38H29N5O5S/c44-36(26-11-5-2-6-12-26)42-34(23-27-24-39-33-14-8-7-13-32(27)33)37(45)40-29-17-21-31(22-18-29)49-35(25-9-3-1-4-10-25)38(46)41-28-15-19-30(20-16-28)43(47)48/h1-24,35,39H,(H,40,45)(H,41,46)(H,42,44)/b34-23-/t35-/m1/s1. The Kier molecular flexibility index (Phi) is 9.92. The average molecular weight is 668 g/mol. The van der Waals surface area contributed by atoms with Gasteiger partial charge in [0.05, 0.1) is 4.92 Å². The molecule has 0 aliphatic rings. The van der Waals surface area contributed by atoms with Crippen molar-refractivity contribution >= 4 is 63.5 Å². The summed E-state index contributed by atoms with van der Waals surface area (Å²) < 4.78 is 0. The molecule has 6 aromatic rings. The van der Waals surface area contributed by atoms with Gasteiger partial charge in [-0.15, -0.1) is 11.8 Å². The van der Waals surface area contributed by atoms with E-state index < -0.39 is 22.0 Å². The van der Waals surface area contributed by atoms with Gasteiger partial charge in [-0.2, -0.15) is 0 Å². The Hall–Kier alpha value is -6.46. The third kappa shape index (κ3) is 8.10. The average Bonchev–Trinajstić information content (AvgIpc) is 3.54. The second kappa shape index (κ2) is 15.0. The minimum atomic E-state index is -0.643. The van der Waals surface area contributed by atoms with Gasteiger partial charge in [0.25, 0.3) is 17.5 Å². The summed E-state index contributed by atoms with van der Waals surface area (Å²) in [6, 6.07) is 38.2. The zero-order chi connectivity index (χ0) is 34.2. The van der Waals surface area contributed by atoms with Crippen LogP contribution in [0.5, 0.6) is 0 Å². The van der Waals surface area contributed by atoms with Gasteiger partial charge in [0, 0.05) is 56.6 Å². The second-order valence-corrected chi connectivity index (χ2v) is 12.0. The van der Waals surface area contributed by atoms with E-state index in [1.165, 1.54) is 36.0 Å². The van der Waals surface area contributed by atoms with Crippen LogP contribution >= 0.6 is 11.8 Å². The molecule has 11 heteroatoms. The summed E-state index contributed by atoms with van der Waals surface area (Å²) in [5.74, 6) is -1.24. The molecule has 0 bridgehead atoms. The van der Waals surface area contributed by atoms with Crippen molar-refractivity contribution in [3.63, 3.8) is 0 Å². The number of nitro benzene ring substituents is 1. The number of aromatic nitrogens is 1. The number of amides is 3. The van der Waals surface area contributed by atoms with Gasteiger partial charge in [-0.1, -0.05) is 66.7 Å². The molecule has 1 aromatic heterocycles. The number of hydrogen-bond donors (Lipinski definition) is 4. The number of nitro groups is 1. The quantitative estimate of drug-likeness (QED) is 0.0477. The van der Waals surface area contributed by atoms with Crippen LogP contribution in [0.1, 0.15) is 26.7 Å². The summed E-state index contributed by atoms with van der Waals surface area (Å²) >= 11 is 1.32. The van der Waals surface area contributed by atoms with Crippen LogP contribution in [0.2, 0.25) is 0 Å². The minimum Gasteiger partial charge on any atom is -0.361 e. The fraction of sp³-hybridized carbons (Fsp3) is 0.0263. The number of nitrogens with one attached hydrogen (secondary N) is 4. The summed E-state index contributed by atoms with van der Waals surface area (Å²) in [7, 11) is 0.